The Morgan fingerprint density at radius 2 is 1.66 bits per heavy atom. The summed E-state index contributed by atoms with van der Waals surface area (Å²) in [5.74, 6) is -0.846. The minimum absolute atomic E-state index is 0.175. The van der Waals surface area contributed by atoms with Gasteiger partial charge >= 0.3 is 6.18 Å². The first kappa shape index (κ1) is 29.9. The molecule has 0 spiro atoms. The number of rotatable bonds is 8. The number of aryl methyl sites for hydroxylation is 2. The van der Waals surface area contributed by atoms with Gasteiger partial charge in [0.2, 0.25) is 0 Å². The lowest BCUT2D eigenvalue weighted by Crippen LogP contribution is -2.39. The minimum Gasteiger partial charge on any atom is -0.318 e. The Labute approximate surface area is 240 Å². The highest BCUT2D eigenvalue weighted by Crippen LogP contribution is 2.33. The number of carbonyl (C=O) groups excluding carboxylic acids is 1. The summed E-state index contributed by atoms with van der Waals surface area (Å²) in [5, 5.41) is 4.58. The summed E-state index contributed by atoms with van der Waals surface area (Å²) >= 11 is 5.99. The molecule has 214 valence electrons. The zero-order valence-corrected chi connectivity index (χ0v) is 23.8. The monoisotopic (exact) mass is 602 g/mol. The molecular weight excluding hydrogens is 577 g/mol. The molecule has 4 aromatic rings. The Morgan fingerprint density at radius 1 is 1.00 bits per heavy atom. The van der Waals surface area contributed by atoms with E-state index in [1.165, 1.54) is 24.4 Å². The highest BCUT2D eigenvalue weighted by Gasteiger charge is 2.33. The van der Waals surface area contributed by atoms with Gasteiger partial charge in [-0.3, -0.25) is 9.10 Å². The predicted octanol–water partition coefficient (Wildman–Crippen LogP) is 6.42. The molecule has 7 nitrogen and oxygen atoms in total. The van der Waals surface area contributed by atoms with Crippen LogP contribution in [-0.4, -0.2) is 31.7 Å². The molecule has 1 heterocycles. The highest BCUT2D eigenvalue weighted by molar-refractivity contribution is 7.92. The third-order valence-corrected chi connectivity index (χ3v) is 8.35. The van der Waals surface area contributed by atoms with Crippen molar-refractivity contribution in [2.24, 2.45) is 5.10 Å². The van der Waals surface area contributed by atoms with Gasteiger partial charge in [-0.2, -0.15) is 18.3 Å². The summed E-state index contributed by atoms with van der Waals surface area (Å²) in [4.78, 5) is 12.7. The number of anilines is 1. The quantitative estimate of drug-likeness (QED) is 0.187. The molecule has 0 bridgehead atoms. The summed E-state index contributed by atoms with van der Waals surface area (Å²) < 4.78 is 69.8. The largest absolute Gasteiger partial charge is 0.416 e. The maximum absolute atomic E-state index is 13.5. The molecule has 0 aliphatic carbocycles. The van der Waals surface area contributed by atoms with Crippen molar-refractivity contribution in [1.82, 2.24) is 9.99 Å². The number of nitrogens with one attached hydrogen (secondary N) is 1. The second-order valence-corrected chi connectivity index (χ2v) is 11.6. The van der Waals surface area contributed by atoms with Gasteiger partial charge in [0.1, 0.15) is 6.54 Å². The third-order valence-electron chi connectivity index (χ3n) is 6.31. The maximum Gasteiger partial charge on any atom is 0.416 e. The number of sulfonamides is 1. The Kier molecular flexibility index (Phi) is 8.60. The van der Waals surface area contributed by atoms with Crippen LogP contribution in [0.15, 0.2) is 88.9 Å². The topological polar surface area (TPSA) is 83.8 Å². The first-order valence-electron chi connectivity index (χ1n) is 12.3. The molecule has 0 unspecified atom stereocenters. The molecule has 1 N–H and O–H groups in total. The number of amides is 1. The number of aromatic nitrogens is 1. The molecule has 0 fully saturated rings. The van der Waals surface area contributed by atoms with Crippen LogP contribution >= 0.6 is 11.6 Å². The van der Waals surface area contributed by atoms with Crippen molar-refractivity contribution in [2.75, 3.05) is 10.8 Å². The summed E-state index contributed by atoms with van der Waals surface area (Å²) in [6, 6.07) is 18.7. The second kappa shape index (κ2) is 11.8. The Hall–Kier alpha value is -4.09. The molecule has 41 heavy (non-hydrogen) atoms. The van der Waals surface area contributed by atoms with E-state index in [1.54, 1.807) is 31.2 Å². The molecule has 0 radical (unpaired) electrons. The van der Waals surface area contributed by atoms with Crippen LogP contribution in [0, 0.1) is 20.8 Å². The summed E-state index contributed by atoms with van der Waals surface area (Å²) in [5.41, 5.74) is 5.02. The van der Waals surface area contributed by atoms with Crippen LogP contribution in [0.5, 0.6) is 0 Å². The Bertz CT molecular complexity index is 1700. The number of hydrogen-bond acceptors (Lipinski definition) is 4. The van der Waals surface area contributed by atoms with Crippen molar-refractivity contribution in [3.63, 3.8) is 0 Å². The van der Waals surface area contributed by atoms with Gasteiger partial charge in [-0.15, -0.1) is 0 Å². The van der Waals surface area contributed by atoms with Crippen LogP contribution in [0.25, 0.3) is 5.69 Å². The van der Waals surface area contributed by atoms with Gasteiger partial charge in [-0.05, 0) is 81.4 Å². The zero-order valence-electron chi connectivity index (χ0n) is 22.3. The lowest BCUT2D eigenvalue weighted by atomic mass is 10.2. The summed E-state index contributed by atoms with van der Waals surface area (Å²) in [6.07, 6.45) is -3.30. The lowest BCUT2D eigenvalue weighted by Gasteiger charge is -2.24. The molecule has 0 aliphatic rings. The first-order chi connectivity index (χ1) is 19.3. The van der Waals surface area contributed by atoms with E-state index in [-0.39, 0.29) is 10.6 Å². The van der Waals surface area contributed by atoms with Crippen molar-refractivity contribution >= 4 is 39.4 Å². The van der Waals surface area contributed by atoms with E-state index < -0.39 is 34.2 Å². The molecule has 0 saturated heterocycles. The minimum atomic E-state index is -4.71. The highest BCUT2D eigenvalue weighted by atomic mass is 35.5. The summed E-state index contributed by atoms with van der Waals surface area (Å²) in [7, 11) is -4.41. The van der Waals surface area contributed by atoms with E-state index in [1.807, 2.05) is 36.6 Å². The average molecular weight is 603 g/mol. The molecule has 0 aliphatic heterocycles. The maximum atomic E-state index is 13.5. The fourth-order valence-corrected chi connectivity index (χ4v) is 5.77. The van der Waals surface area contributed by atoms with Crippen LogP contribution in [0.4, 0.5) is 18.9 Å². The molecule has 1 aromatic heterocycles. The number of alkyl halides is 3. The Morgan fingerprint density at radius 3 is 2.29 bits per heavy atom. The van der Waals surface area contributed by atoms with Crippen molar-refractivity contribution in [1.29, 1.82) is 0 Å². The van der Waals surface area contributed by atoms with Gasteiger partial charge in [-0.25, -0.2) is 13.8 Å². The fraction of sp³-hybridized carbons (Fsp3) is 0.172. The van der Waals surface area contributed by atoms with E-state index in [4.69, 9.17) is 11.6 Å². The van der Waals surface area contributed by atoms with Crippen molar-refractivity contribution in [3.8, 4) is 5.69 Å². The third kappa shape index (κ3) is 6.80. The van der Waals surface area contributed by atoms with E-state index in [0.717, 1.165) is 34.8 Å². The van der Waals surface area contributed by atoms with Gasteiger partial charge in [0.25, 0.3) is 15.9 Å². The fourth-order valence-electron chi connectivity index (χ4n) is 4.24. The summed E-state index contributed by atoms with van der Waals surface area (Å²) in [6.45, 7) is 4.73. The van der Waals surface area contributed by atoms with Crippen LogP contribution < -0.4 is 9.73 Å². The van der Waals surface area contributed by atoms with Crippen molar-refractivity contribution in [3.05, 3.63) is 112 Å². The van der Waals surface area contributed by atoms with E-state index in [9.17, 15) is 26.4 Å². The SMILES string of the molecule is Cc1ccc(S(=O)(=O)N(CC(=O)N/N=C\c2cc(C)n(-c3ccc(Cl)cc3)c2C)c2cccc(C(F)(F)F)c2)cc1. The number of nitrogens with zero attached hydrogens (tertiary/aromatic N) is 3. The normalized spacial score (nSPS) is 12.1. The van der Waals surface area contributed by atoms with Crippen molar-refractivity contribution in [2.45, 2.75) is 31.8 Å². The molecule has 4 rings (SSSR count). The van der Waals surface area contributed by atoms with E-state index in [2.05, 4.69) is 10.5 Å². The standard InChI is InChI=1S/C29H26ClF3N4O3S/c1-19-7-13-27(14-8-19)41(39,40)36(26-6-4-5-23(16-26)29(31,32)33)18-28(38)35-34-17-22-15-20(2)37(21(22)3)25-11-9-24(30)10-12-25/h4-17H,18H2,1-3H3,(H,35,38)/b34-17-. The van der Waals surface area contributed by atoms with Gasteiger partial charge < -0.3 is 4.57 Å². The number of halogens is 4. The molecule has 12 heteroatoms. The molecule has 3 aromatic carbocycles. The van der Waals surface area contributed by atoms with Crippen LogP contribution in [0.2, 0.25) is 5.02 Å². The van der Waals surface area contributed by atoms with Gasteiger partial charge in [-0.1, -0.05) is 35.4 Å². The van der Waals surface area contributed by atoms with E-state index >= 15 is 0 Å². The Balaban J connectivity index is 1.59. The van der Waals surface area contributed by atoms with Crippen LogP contribution in [0.3, 0.4) is 0 Å². The zero-order chi connectivity index (χ0) is 29.9. The lowest BCUT2D eigenvalue weighted by molar-refractivity contribution is -0.137. The number of hydrazone groups is 1. The molecule has 0 atom stereocenters. The van der Waals surface area contributed by atoms with Gasteiger partial charge in [0, 0.05) is 27.7 Å². The van der Waals surface area contributed by atoms with E-state index in [0.29, 0.717) is 21.0 Å². The van der Waals surface area contributed by atoms with Crippen LogP contribution in [-0.2, 0) is 21.0 Å². The smallest absolute Gasteiger partial charge is 0.318 e. The molecule has 0 saturated carbocycles. The van der Waals surface area contributed by atoms with Crippen LogP contribution in [0.1, 0.15) is 28.1 Å². The first-order valence-corrected chi connectivity index (χ1v) is 14.1. The number of benzene rings is 3. The predicted molar refractivity (Wildman–Crippen MR) is 153 cm³/mol. The second-order valence-electron chi connectivity index (χ2n) is 9.30. The number of hydrogen-bond donors (Lipinski definition) is 1. The molecule has 1 amide bonds. The average Bonchev–Trinajstić information content (AvgIpc) is 3.20. The van der Waals surface area contributed by atoms with Gasteiger partial charge in [0.05, 0.1) is 22.4 Å². The van der Waals surface area contributed by atoms with Gasteiger partial charge in [0.15, 0.2) is 0 Å². The number of carbonyl (C=O) groups is 1. The van der Waals surface area contributed by atoms with Crippen molar-refractivity contribution < 1.29 is 26.4 Å². The molecular formula is C29H26ClF3N4O3S.